The van der Waals surface area contributed by atoms with Crippen LogP contribution in [0.5, 0.6) is 0 Å². The zero-order valence-corrected chi connectivity index (χ0v) is 20.4. The number of fused-ring (bicyclic) bond motifs is 1. The van der Waals surface area contributed by atoms with Crippen molar-refractivity contribution in [1.29, 1.82) is 0 Å². The molecule has 2 heterocycles. The lowest BCUT2D eigenvalue weighted by Gasteiger charge is -2.27. The van der Waals surface area contributed by atoms with E-state index in [2.05, 4.69) is 27.7 Å². The van der Waals surface area contributed by atoms with Gasteiger partial charge in [0.2, 0.25) is 5.91 Å². The van der Waals surface area contributed by atoms with Crippen LogP contribution in [0, 0.1) is 5.92 Å². The molecule has 4 rings (SSSR count). The van der Waals surface area contributed by atoms with Gasteiger partial charge in [-0.15, -0.1) is 0 Å². The van der Waals surface area contributed by atoms with E-state index >= 15 is 0 Å². The molecular formula is C28H35N3O4. The Labute approximate surface area is 206 Å². The van der Waals surface area contributed by atoms with Gasteiger partial charge in [-0.25, -0.2) is 0 Å². The van der Waals surface area contributed by atoms with Crippen molar-refractivity contribution in [2.45, 2.75) is 57.8 Å². The number of benzene rings is 2. The van der Waals surface area contributed by atoms with Gasteiger partial charge in [0.25, 0.3) is 5.91 Å². The molecule has 0 aliphatic carbocycles. The highest BCUT2D eigenvalue weighted by atomic mass is 16.3. The van der Waals surface area contributed by atoms with Crippen molar-refractivity contribution in [3.8, 4) is 0 Å². The third-order valence-corrected chi connectivity index (χ3v) is 6.45. The Kier molecular flexibility index (Phi) is 8.21. The summed E-state index contributed by atoms with van der Waals surface area (Å²) < 4.78 is 5.67. The third kappa shape index (κ3) is 6.71. The van der Waals surface area contributed by atoms with Crippen molar-refractivity contribution in [3.63, 3.8) is 0 Å². The molecule has 35 heavy (non-hydrogen) atoms. The lowest BCUT2D eigenvalue weighted by atomic mass is 10.0. The van der Waals surface area contributed by atoms with Crippen LogP contribution in [0.25, 0.3) is 11.0 Å². The number of nitrogens with one attached hydrogen (secondary N) is 2. The van der Waals surface area contributed by atoms with Gasteiger partial charge in [-0.3, -0.25) is 14.5 Å². The summed E-state index contributed by atoms with van der Waals surface area (Å²) in [4.78, 5) is 28.4. The molecular weight excluding hydrogens is 442 g/mol. The monoisotopic (exact) mass is 477 g/mol. The second-order valence-corrected chi connectivity index (χ2v) is 9.85. The molecule has 1 saturated heterocycles. The van der Waals surface area contributed by atoms with Crippen LogP contribution in [0.3, 0.4) is 0 Å². The lowest BCUT2D eigenvalue weighted by Crippen LogP contribution is -2.53. The number of aliphatic hydroxyl groups is 1. The molecule has 3 aromatic rings. The first-order valence-corrected chi connectivity index (χ1v) is 12.4. The predicted molar refractivity (Wildman–Crippen MR) is 136 cm³/mol. The maximum Gasteiger partial charge on any atom is 0.287 e. The summed E-state index contributed by atoms with van der Waals surface area (Å²) in [7, 11) is 0. The molecule has 1 aromatic heterocycles. The van der Waals surface area contributed by atoms with Gasteiger partial charge in [0.1, 0.15) is 11.6 Å². The Hall–Kier alpha value is -3.16. The van der Waals surface area contributed by atoms with E-state index in [1.54, 1.807) is 12.1 Å². The molecule has 0 spiro atoms. The van der Waals surface area contributed by atoms with E-state index in [0.717, 1.165) is 24.9 Å². The van der Waals surface area contributed by atoms with Crippen molar-refractivity contribution in [1.82, 2.24) is 15.5 Å². The van der Waals surface area contributed by atoms with Gasteiger partial charge in [-0.05, 0) is 49.4 Å². The zero-order valence-electron chi connectivity index (χ0n) is 20.4. The van der Waals surface area contributed by atoms with E-state index < -0.39 is 18.1 Å². The second-order valence-electron chi connectivity index (χ2n) is 9.85. The largest absolute Gasteiger partial charge is 0.451 e. The smallest absolute Gasteiger partial charge is 0.287 e. The summed E-state index contributed by atoms with van der Waals surface area (Å²) in [5.41, 5.74) is 1.83. The Morgan fingerprint density at radius 3 is 2.60 bits per heavy atom. The highest BCUT2D eigenvalue weighted by Gasteiger charge is 2.30. The number of hydrogen-bond acceptors (Lipinski definition) is 5. The summed E-state index contributed by atoms with van der Waals surface area (Å²) in [6, 6.07) is 18.2. The van der Waals surface area contributed by atoms with Gasteiger partial charge in [0, 0.05) is 18.5 Å². The van der Waals surface area contributed by atoms with Gasteiger partial charge in [0.15, 0.2) is 5.76 Å². The van der Waals surface area contributed by atoms with Crippen LogP contribution in [0.1, 0.15) is 49.2 Å². The van der Waals surface area contributed by atoms with Gasteiger partial charge in [-0.1, -0.05) is 62.4 Å². The van der Waals surface area contributed by atoms with Crippen molar-refractivity contribution in [2.75, 3.05) is 13.1 Å². The summed E-state index contributed by atoms with van der Waals surface area (Å²) in [5.74, 6) is -0.317. The molecule has 186 valence electrons. The predicted octanol–water partition coefficient (Wildman–Crippen LogP) is 3.72. The number of carbonyl (C=O) groups excluding carboxylic acids is 2. The number of carbonyl (C=O) groups is 2. The normalized spacial score (nSPS) is 19.9. The summed E-state index contributed by atoms with van der Waals surface area (Å²) in [5, 5.41) is 17.6. The van der Waals surface area contributed by atoms with E-state index in [4.69, 9.17) is 4.42 Å². The topological polar surface area (TPSA) is 94.8 Å². The van der Waals surface area contributed by atoms with Gasteiger partial charge in [0.05, 0.1) is 12.1 Å². The number of para-hydroxylation sites is 1. The molecule has 1 aliphatic heterocycles. The van der Waals surface area contributed by atoms with Crippen molar-refractivity contribution in [3.05, 3.63) is 72.0 Å². The zero-order chi connectivity index (χ0) is 24.8. The van der Waals surface area contributed by atoms with Crippen molar-refractivity contribution in [2.24, 2.45) is 5.92 Å². The average molecular weight is 478 g/mol. The molecule has 0 bridgehead atoms. The second kappa shape index (κ2) is 11.5. The molecule has 3 N–H and O–H groups in total. The Morgan fingerprint density at radius 2 is 1.86 bits per heavy atom. The maximum atomic E-state index is 13.2. The molecule has 7 heteroatoms. The first-order valence-electron chi connectivity index (χ1n) is 12.4. The van der Waals surface area contributed by atoms with Gasteiger partial charge >= 0.3 is 0 Å². The van der Waals surface area contributed by atoms with Crippen LogP contribution in [0.4, 0.5) is 0 Å². The SMILES string of the molecule is CC(C)CC(NC(=O)c1cc2ccccc2o1)C(=O)NC1CCCN(Cc2ccccc2)C[C@@H]1O. The molecule has 3 atom stereocenters. The molecule has 0 saturated carbocycles. The molecule has 1 fully saturated rings. The first kappa shape index (κ1) is 24.9. The van der Waals surface area contributed by atoms with E-state index in [0.29, 0.717) is 25.0 Å². The molecule has 2 aromatic carbocycles. The number of amides is 2. The number of hydrogen-bond donors (Lipinski definition) is 3. The fraction of sp³-hybridized carbons (Fsp3) is 0.429. The Bertz CT molecular complexity index is 1090. The number of furan rings is 1. The van der Waals surface area contributed by atoms with Crippen molar-refractivity contribution >= 4 is 22.8 Å². The quantitative estimate of drug-likeness (QED) is 0.460. The molecule has 2 amide bonds. The minimum Gasteiger partial charge on any atom is -0.451 e. The molecule has 2 unspecified atom stereocenters. The third-order valence-electron chi connectivity index (χ3n) is 6.45. The van der Waals surface area contributed by atoms with Crippen LogP contribution >= 0.6 is 0 Å². The van der Waals surface area contributed by atoms with Gasteiger partial charge < -0.3 is 20.2 Å². The van der Waals surface area contributed by atoms with Crippen LogP contribution in [-0.4, -0.2) is 53.1 Å². The fourth-order valence-corrected chi connectivity index (χ4v) is 4.67. The van der Waals surface area contributed by atoms with E-state index in [1.807, 2.05) is 50.2 Å². The van der Waals surface area contributed by atoms with Crippen LogP contribution < -0.4 is 10.6 Å². The first-order chi connectivity index (χ1) is 16.9. The molecule has 7 nitrogen and oxygen atoms in total. The Morgan fingerprint density at radius 1 is 1.11 bits per heavy atom. The highest BCUT2D eigenvalue weighted by molar-refractivity contribution is 5.98. The van der Waals surface area contributed by atoms with Crippen LogP contribution in [-0.2, 0) is 11.3 Å². The summed E-state index contributed by atoms with van der Waals surface area (Å²) in [6.45, 7) is 6.13. The fourth-order valence-electron chi connectivity index (χ4n) is 4.67. The number of rotatable bonds is 8. The molecule has 1 aliphatic rings. The lowest BCUT2D eigenvalue weighted by molar-refractivity contribution is -0.125. The van der Waals surface area contributed by atoms with E-state index in [-0.39, 0.29) is 23.6 Å². The Balaban J connectivity index is 1.38. The minimum absolute atomic E-state index is 0.179. The number of nitrogens with zero attached hydrogens (tertiary/aromatic N) is 1. The van der Waals surface area contributed by atoms with Crippen LogP contribution in [0.15, 0.2) is 65.1 Å². The van der Waals surface area contributed by atoms with E-state index in [9.17, 15) is 14.7 Å². The maximum absolute atomic E-state index is 13.2. The minimum atomic E-state index is -0.716. The standard InChI is InChI=1S/C28H35N3O4/c1-19(2)15-23(30-28(34)26-16-21-11-6-7-13-25(21)35-26)27(33)29-22-12-8-14-31(18-24(22)32)17-20-9-4-3-5-10-20/h3-7,9-11,13,16,19,22-24,32H,8,12,14-15,17-18H2,1-2H3,(H,29,33)(H,30,34)/t22?,23?,24-/m0/s1. The van der Waals surface area contributed by atoms with Crippen LogP contribution in [0.2, 0.25) is 0 Å². The van der Waals surface area contributed by atoms with E-state index in [1.165, 1.54) is 5.56 Å². The summed E-state index contributed by atoms with van der Waals surface area (Å²) >= 11 is 0. The highest BCUT2D eigenvalue weighted by Crippen LogP contribution is 2.20. The number of aliphatic hydroxyl groups excluding tert-OH is 1. The number of β-amino-alcohol motifs (C(OH)–C–C–N with tert-alkyl or cyclic N) is 1. The molecule has 0 radical (unpaired) electrons. The summed E-state index contributed by atoms with van der Waals surface area (Å²) in [6.07, 6.45) is 1.36. The van der Waals surface area contributed by atoms with Crippen molar-refractivity contribution < 1.29 is 19.1 Å². The van der Waals surface area contributed by atoms with Gasteiger partial charge in [-0.2, -0.15) is 0 Å². The number of likely N-dealkylation sites (tertiary alicyclic amines) is 1. The average Bonchev–Trinajstić information content (AvgIpc) is 3.20.